The molecule has 3 heteroatoms. The molecule has 0 radical (unpaired) electrons. The first-order valence-electron chi connectivity index (χ1n) is 8.45. The minimum absolute atomic E-state index is 0.717. The zero-order valence-electron chi connectivity index (χ0n) is 12.8. The summed E-state index contributed by atoms with van der Waals surface area (Å²) in [4.78, 5) is 5.30. The van der Waals surface area contributed by atoms with Crippen LogP contribution in [0.1, 0.15) is 46.0 Å². The Kier molecular flexibility index (Phi) is 4.45. The molecule has 0 aromatic rings. The van der Waals surface area contributed by atoms with Crippen LogP contribution in [-0.2, 0) is 0 Å². The normalized spacial score (nSPS) is 37.7. The molecule has 0 aromatic heterocycles. The molecule has 3 fully saturated rings. The second-order valence-electron chi connectivity index (χ2n) is 7.18. The Labute approximate surface area is 118 Å². The first kappa shape index (κ1) is 13.8. The monoisotopic (exact) mass is 265 g/mol. The SMILES string of the molecule is CC(C)N1CCN(CC2CC3CCCCC3N2)CC1. The average molecular weight is 265 g/mol. The third-order valence-electron chi connectivity index (χ3n) is 5.56. The second kappa shape index (κ2) is 6.11. The first-order valence-corrected chi connectivity index (χ1v) is 8.45. The highest BCUT2D eigenvalue weighted by atomic mass is 15.3. The minimum atomic E-state index is 0.717. The van der Waals surface area contributed by atoms with Crippen molar-refractivity contribution in [2.75, 3.05) is 32.7 Å². The van der Waals surface area contributed by atoms with Gasteiger partial charge < -0.3 is 5.32 Å². The van der Waals surface area contributed by atoms with Gasteiger partial charge in [-0.05, 0) is 39.0 Å². The number of nitrogens with zero attached hydrogens (tertiary/aromatic N) is 2. The van der Waals surface area contributed by atoms with E-state index >= 15 is 0 Å². The van der Waals surface area contributed by atoms with Gasteiger partial charge in [-0.3, -0.25) is 9.80 Å². The summed E-state index contributed by atoms with van der Waals surface area (Å²) in [5.74, 6) is 0.996. The van der Waals surface area contributed by atoms with Crippen LogP contribution < -0.4 is 5.32 Å². The topological polar surface area (TPSA) is 18.5 Å². The van der Waals surface area contributed by atoms with Crippen molar-refractivity contribution >= 4 is 0 Å². The molecule has 3 rings (SSSR count). The molecule has 1 N–H and O–H groups in total. The number of rotatable bonds is 3. The molecular weight excluding hydrogens is 234 g/mol. The fourth-order valence-corrected chi connectivity index (χ4v) is 4.35. The largest absolute Gasteiger partial charge is 0.310 e. The molecule has 3 nitrogen and oxygen atoms in total. The summed E-state index contributed by atoms with van der Waals surface area (Å²) >= 11 is 0. The van der Waals surface area contributed by atoms with Gasteiger partial charge in [0.25, 0.3) is 0 Å². The van der Waals surface area contributed by atoms with Crippen LogP contribution in [0.2, 0.25) is 0 Å². The molecule has 110 valence electrons. The fourth-order valence-electron chi connectivity index (χ4n) is 4.35. The van der Waals surface area contributed by atoms with Crippen LogP contribution in [-0.4, -0.2) is 60.6 Å². The Morgan fingerprint density at radius 2 is 1.79 bits per heavy atom. The first-order chi connectivity index (χ1) is 9.22. The van der Waals surface area contributed by atoms with E-state index in [9.17, 15) is 0 Å². The van der Waals surface area contributed by atoms with E-state index in [4.69, 9.17) is 0 Å². The highest BCUT2D eigenvalue weighted by Crippen LogP contribution is 2.33. The molecule has 19 heavy (non-hydrogen) atoms. The predicted molar refractivity (Wildman–Crippen MR) is 80.4 cm³/mol. The molecule has 1 aliphatic carbocycles. The fraction of sp³-hybridized carbons (Fsp3) is 1.00. The van der Waals surface area contributed by atoms with Gasteiger partial charge in [0.2, 0.25) is 0 Å². The third kappa shape index (κ3) is 3.32. The van der Waals surface area contributed by atoms with Gasteiger partial charge in [0, 0.05) is 50.8 Å². The Balaban J connectivity index is 1.43. The highest BCUT2D eigenvalue weighted by molar-refractivity contribution is 4.94. The summed E-state index contributed by atoms with van der Waals surface area (Å²) < 4.78 is 0. The van der Waals surface area contributed by atoms with E-state index in [1.807, 2.05) is 0 Å². The van der Waals surface area contributed by atoms with Crippen LogP contribution in [0, 0.1) is 5.92 Å². The summed E-state index contributed by atoms with van der Waals surface area (Å²) in [5.41, 5.74) is 0. The lowest BCUT2D eigenvalue weighted by atomic mass is 9.85. The van der Waals surface area contributed by atoms with Gasteiger partial charge in [0.15, 0.2) is 0 Å². The van der Waals surface area contributed by atoms with Crippen LogP contribution in [0.5, 0.6) is 0 Å². The van der Waals surface area contributed by atoms with Crippen molar-refractivity contribution < 1.29 is 0 Å². The minimum Gasteiger partial charge on any atom is -0.310 e. The van der Waals surface area contributed by atoms with E-state index in [-0.39, 0.29) is 0 Å². The molecule has 0 aromatic carbocycles. The summed E-state index contributed by atoms with van der Waals surface area (Å²) in [6.45, 7) is 11.0. The second-order valence-corrected chi connectivity index (χ2v) is 7.18. The van der Waals surface area contributed by atoms with Crippen molar-refractivity contribution in [2.24, 2.45) is 5.92 Å². The summed E-state index contributed by atoms with van der Waals surface area (Å²) in [6, 6.07) is 2.35. The standard InChI is InChI=1S/C16H31N3/c1-13(2)19-9-7-18(8-10-19)12-15-11-14-5-3-4-6-16(14)17-15/h13-17H,3-12H2,1-2H3. The highest BCUT2D eigenvalue weighted by Gasteiger charge is 2.35. The van der Waals surface area contributed by atoms with Gasteiger partial charge >= 0.3 is 0 Å². The molecule has 3 unspecified atom stereocenters. The van der Waals surface area contributed by atoms with Crippen molar-refractivity contribution in [3.63, 3.8) is 0 Å². The van der Waals surface area contributed by atoms with Crippen LogP contribution >= 0.6 is 0 Å². The molecule has 0 amide bonds. The number of hydrogen-bond donors (Lipinski definition) is 1. The lowest BCUT2D eigenvalue weighted by molar-refractivity contribution is 0.102. The zero-order chi connectivity index (χ0) is 13.2. The average Bonchev–Trinajstić information content (AvgIpc) is 2.81. The maximum atomic E-state index is 3.92. The number of nitrogens with one attached hydrogen (secondary N) is 1. The van der Waals surface area contributed by atoms with Crippen LogP contribution in [0.3, 0.4) is 0 Å². The van der Waals surface area contributed by atoms with E-state index in [2.05, 4.69) is 29.0 Å². The van der Waals surface area contributed by atoms with Crippen molar-refractivity contribution in [2.45, 2.75) is 64.1 Å². The summed E-state index contributed by atoms with van der Waals surface area (Å²) in [6.07, 6.45) is 7.28. The van der Waals surface area contributed by atoms with E-state index in [1.165, 1.54) is 64.8 Å². The molecule has 2 heterocycles. The van der Waals surface area contributed by atoms with Crippen molar-refractivity contribution in [1.29, 1.82) is 0 Å². The van der Waals surface area contributed by atoms with Crippen molar-refractivity contribution in [3.8, 4) is 0 Å². The van der Waals surface area contributed by atoms with Gasteiger partial charge in [-0.2, -0.15) is 0 Å². The van der Waals surface area contributed by atoms with Crippen LogP contribution in [0.4, 0.5) is 0 Å². The number of hydrogen-bond acceptors (Lipinski definition) is 3. The van der Waals surface area contributed by atoms with Crippen LogP contribution in [0.25, 0.3) is 0 Å². The Bertz CT molecular complexity index is 270. The summed E-state index contributed by atoms with van der Waals surface area (Å²) in [7, 11) is 0. The van der Waals surface area contributed by atoms with Gasteiger partial charge in [0.1, 0.15) is 0 Å². The van der Waals surface area contributed by atoms with E-state index in [0.717, 1.165) is 24.0 Å². The van der Waals surface area contributed by atoms with Gasteiger partial charge in [-0.25, -0.2) is 0 Å². The maximum absolute atomic E-state index is 3.92. The molecule has 3 aliphatic rings. The number of fused-ring (bicyclic) bond motifs is 1. The Morgan fingerprint density at radius 3 is 2.47 bits per heavy atom. The summed E-state index contributed by atoms with van der Waals surface area (Å²) in [5, 5.41) is 3.92. The molecule has 0 spiro atoms. The van der Waals surface area contributed by atoms with Crippen molar-refractivity contribution in [3.05, 3.63) is 0 Å². The molecule has 2 saturated heterocycles. The Morgan fingerprint density at radius 1 is 1.05 bits per heavy atom. The molecule has 3 atom stereocenters. The van der Waals surface area contributed by atoms with Gasteiger partial charge in [-0.1, -0.05) is 12.8 Å². The molecule has 0 bridgehead atoms. The number of piperazine rings is 1. The van der Waals surface area contributed by atoms with E-state index in [1.54, 1.807) is 0 Å². The smallest absolute Gasteiger partial charge is 0.0200 e. The van der Waals surface area contributed by atoms with Gasteiger partial charge in [0.05, 0.1) is 0 Å². The van der Waals surface area contributed by atoms with E-state index < -0.39 is 0 Å². The molecule has 1 saturated carbocycles. The third-order valence-corrected chi connectivity index (χ3v) is 5.56. The quantitative estimate of drug-likeness (QED) is 0.841. The predicted octanol–water partition coefficient (Wildman–Crippen LogP) is 1.93. The zero-order valence-corrected chi connectivity index (χ0v) is 12.8. The maximum Gasteiger partial charge on any atom is 0.0200 e. The van der Waals surface area contributed by atoms with Gasteiger partial charge in [-0.15, -0.1) is 0 Å². The van der Waals surface area contributed by atoms with Crippen LogP contribution in [0.15, 0.2) is 0 Å². The van der Waals surface area contributed by atoms with E-state index in [0.29, 0.717) is 0 Å². The molecular formula is C16H31N3. The lowest BCUT2D eigenvalue weighted by Gasteiger charge is -2.38. The lowest BCUT2D eigenvalue weighted by Crippen LogP contribution is -2.51. The van der Waals surface area contributed by atoms with Crippen molar-refractivity contribution in [1.82, 2.24) is 15.1 Å². The Hall–Kier alpha value is -0.120. The molecule has 2 aliphatic heterocycles.